The lowest BCUT2D eigenvalue weighted by molar-refractivity contribution is 0.0868. The highest BCUT2D eigenvalue weighted by Gasteiger charge is 2.60. The number of benzene rings is 2. The lowest BCUT2D eigenvalue weighted by Gasteiger charge is -2.47. The highest BCUT2D eigenvalue weighted by Crippen LogP contribution is 2.54. The highest BCUT2D eigenvalue weighted by atomic mass is 35.5. The summed E-state index contributed by atoms with van der Waals surface area (Å²) in [6, 6.07) is 18.3. The number of hydrogen-bond donors (Lipinski definition) is 0. The number of hydrogen-bond acceptors (Lipinski definition) is 8. The number of amidine groups is 1. The molecule has 3 aromatic rings. The first-order chi connectivity index (χ1) is 21.8. The average Bonchev–Trinajstić information content (AvgIpc) is 3.28. The van der Waals surface area contributed by atoms with Gasteiger partial charge in [-0.25, -0.2) is 13.2 Å². The second-order valence-electron chi connectivity index (χ2n) is 11.9. The van der Waals surface area contributed by atoms with E-state index >= 15 is 0 Å². The molecule has 0 spiro atoms. The quantitative estimate of drug-likeness (QED) is 0.294. The molecule has 246 valence electrons. The molecule has 3 heterocycles. The van der Waals surface area contributed by atoms with E-state index in [2.05, 4.69) is 9.88 Å². The predicted molar refractivity (Wildman–Crippen MR) is 181 cm³/mol. The Morgan fingerprint density at radius 1 is 0.870 bits per heavy atom. The summed E-state index contributed by atoms with van der Waals surface area (Å²) in [7, 11) is 0.0173. The molecule has 0 bridgehead atoms. The first kappa shape index (κ1) is 34.0. The first-order valence-corrected chi connectivity index (χ1v) is 17.8. The second kappa shape index (κ2) is 13.4. The number of ether oxygens (including phenoxy) is 2. The van der Waals surface area contributed by atoms with Crippen molar-refractivity contribution in [3.63, 3.8) is 0 Å². The van der Waals surface area contributed by atoms with E-state index in [4.69, 9.17) is 37.7 Å². The van der Waals surface area contributed by atoms with Crippen molar-refractivity contribution in [3.05, 3.63) is 87.4 Å². The van der Waals surface area contributed by atoms with Gasteiger partial charge in [-0.15, -0.1) is 0 Å². The molecule has 1 saturated heterocycles. The van der Waals surface area contributed by atoms with E-state index in [1.165, 1.54) is 20.5 Å². The number of nitrogens with zero attached hydrogens (tertiary/aromatic N) is 5. The van der Waals surface area contributed by atoms with Crippen molar-refractivity contribution in [2.24, 2.45) is 4.99 Å². The Morgan fingerprint density at radius 3 is 2.00 bits per heavy atom. The van der Waals surface area contributed by atoms with Gasteiger partial charge in [0.25, 0.3) is 0 Å². The molecule has 0 saturated carbocycles. The molecule has 10 nitrogen and oxygen atoms in total. The predicted octanol–water partition coefficient (Wildman–Crippen LogP) is 5.47. The summed E-state index contributed by atoms with van der Waals surface area (Å²) < 4.78 is 34.4. The van der Waals surface area contributed by atoms with Crippen LogP contribution in [-0.2, 0) is 20.9 Å². The average molecular weight is 689 g/mol. The number of aliphatic imine (C=N–C) groups is 1. The molecule has 0 N–H and O–H groups in total. The van der Waals surface area contributed by atoms with E-state index in [0.29, 0.717) is 66.5 Å². The first-order valence-electron chi connectivity index (χ1n) is 15.0. The molecule has 2 unspecified atom stereocenters. The van der Waals surface area contributed by atoms with Crippen LogP contribution in [0.25, 0.3) is 0 Å². The smallest absolute Gasteiger partial charge is 0.326 e. The van der Waals surface area contributed by atoms with Crippen molar-refractivity contribution in [2.75, 3.05) is 59.0 Å². The van der Waals surface area contributed by atoms with Crippen molar-refractivity contribution < 1.29 is 22.7 Å². The van der Waals surface area contributed by atoms with Crippen LogP contribution in [0.5, 0.6) is 11.8 Å². The molecule has 0 radical (unpaired) electrons. The Hall–Kier alpha value is -3.38. The van der Waals surface area contributed by atoms with Gasteiger partial charge in [0, 0.05) is 48.5 Å². The maximum Gasteiger partial charge on any atom is 0.326 e. The molecule has 46 heavy (non-hydrogen) atoms. The SMILES string of the molecule is COc1ccc(C2=NC(C)(c3ccc(Cl)cc3)C(C)(c3ccc(Cl)cc3)N2C(=O)N2CCN(CCCS(C)(=O)=O)CC2)c(OC)n1. The lowest BCUT2D eigenvalue weighted by Crippen LogP contribution is -2.60. The van der Waals surface area contributed by atoms with Crippen LogP contribution < -0.4 is 9.47 Å². The maximum atomic E-state index is 14.9. The molecule has 2 aromatic carbocycles. The van der Waals surface area contributed by atoms with Crippen LogP contribution in [-0.4, -0.2) is 98.9 Å². The number of piperazine rings is 1. The Kier molecular flexibility index (Phi) is 9.89. The maximum absolute atomic E-state index is 14.9. The molecule has 1 fully saturated rings. The van der Waals surface area contributed by atoms with E-state index in [1.807, 2.05) is 67.3 Å². The number of urea groups is 1. The zero-order valence-electron chi connectivity index (χ0n) is 26.7. The van der Waals surface area contributed by atoms with Crippen LogP contribution in [0.3, 0.4) is 0 Å². The third kappa shape index (κ3) is 6.56. The van der Waals surface area contributed by atoms with Gasteiger partial charge in [-0.2, -0.15) is 4.98 Å². The normalized spacial score (nSPS) is 22.1. The van der Waals surface area contributed by atoms with Crippen molar-refractivity contribution in [3.8, 4) is 11.8 Å². The van der Waals surface area contributed by atoms with Crippen molar-refractivity contribution in [1.82, 2.24) is 19.7 Å². The van der Waals surface area contributed by atoms with Crippen LogP contribution in [0.4, 0.5) is 4.79 Å². The van der Waals surface area contributed by atoms with Gasteiger partial charge in [-0.1, -0.05) is 47.5 Å². The summed E-state index contributed by atoms with van der Waals surface area (Å²) in [6.07, 6.45) is 1.80. The van der Waals surface area contributed by atoms with E-state index < -0.39 is 20.9 Å². The number of pyridine rings is 1. The number of carbonyl (C=O) groups is 1. The standard InChI is InChI=1S/C33H39Cl2N5O5S/c1-32(23-7-11-25(34)12-8-23)33(2,24-9-13-26(35)14-10-24)40(29(37-32)27-15-16-28(44-3)36-30(27)45-4)31(41)39-20-18-38(19-21-39)17-6-22-46(5,42)43/h7-16H,6,17-22H2,1-5H3. The lowest BCUT2D eigenvalue weighted by atomic mass is 9.71. The van der Waals surface area contributed by atoms with Crippen LogP contribution in [0.1, 0.15) is 37.0 Å². The molecule has 0 aliphatic carbocycles. The van der Waals surface area contributed by atoms with Gasteiger partial charge in [0.15, 0.2) is 0 Å². The van der Waals surface area contributed by atoms with E-state index in [-0.39, 0.29) is 17.7 Å². The highest BCUT2D eigenvalue weighted by molar-refractivity contribution is 7.90. The summed E-state index contributed by atoms with van der Waals surface area (Å²) >= 11 is 12.7. The van der Waals surface area contributed by atoms with Crippen molar-refractivity contribution in [1.29, 1.82) is 0 Å². The molecule has 5 rings (SSSR count). The second-order valence-corrected chi connectivity index (χ2v) is 15.1. The van der Waals surface area contributed by atoms with Crippen LogP contribution >= 0.6 is 23.2 Å². The Labute approximate surface area is 280 Å². The summed E-state index contributed by atoms with van der Waals surface area (Å²) in [4.78, 5) is 30.6. The number of amides is 2. The van der Waals surface area contributed by atoms with Gasteiger partial charge < -0.3 is 14.4 Å². The zero-order valence-corrected chi connectivity index (χ0v) is 29.0. The number of sulfone groups is 1. The summed E-state index contributed by atoms with van der Waals surface area (Å²) in [5, 5.41) is 1.16. The van der Waals surface area contributed by atoms with Crippen LogP contribution in [0, 0.1) is 0 Å². The molecule has 1 aromatic heterocycles. The molecule has 2 amide bonds. The number of aromatic nitrogens is 1. The van der Waals surface area contributed by atoms with Gasteiger partial charge in [0.05, 0.1) is 25.5 Å². The fourth-order valence-electron chi connectivity index (χ4n) is 6.28. The molecule has 2 aliphatic heterocycles. The number of methoxy groups -OCH3 is 2. The summed E-state index contributed by atoms with van der Waals surface area (Å²) in [6.45, 7) is 6.86. The van der Waals surface area contributed by atoms with Gasteiger partial charge in [-0.3, -0.25) is 14.8 Å². The minimum atomic E-state index is -3.03. The monoisotopic (exact) mass is 687 g/mol. The molecule has 2 aliphatic rings. The zero-order chi connectivity index (χ0) is 33.3. The Morgan fingerprint density at radius 2 is 1.46 bits per heavy atom. The fraction of sp³-hybridized carbons (Fsp3) is 0.424. The molecular formula is C33H39Cl2N5O5S. The Balaban J connectivity index is 1.61. The third-order valence-corrected chi connectivity index (χ3v) is 10.6. The topological polar surface area (TPSA) is 105 Å². The van der Waals surface area contributed by atoms with Crippen LogP contribution in [0.15, 0.2) is 65.7 Å². The number of halogens is 2. The Bertz CT molecular complexity index is 1710. The van der Waals surface area contributed by atoms with Crippen LogP contribution in [0.2, 0.25) is 10.0 Å². The van der Waals surface area contributed by atoms with Gasteiger partial charge in [0.2, 0.25) is 11.8 Å². The van der Waals surface area contributed by atoms with Gasteiger partial charge >= 0.3 is 6.03 Å². The summed E-state index contributed by atoms with van der Waals surface area (Å²) in [5.41, 5.74) is 0.193. The summed E-state index contributed by atoms with van der Waals surface area (Å²) in [5.74, 6) is 1.18. The largest absolute Gasteiger partial charge is 0.481 e. The third-order valence-electron chi connectivity index (χ3n) is 9.05. The molecule has 2 atom stereocenters. The van der Waals surface area contributed by atoms with E-state index in [1.54, 1.807) is 17.0 Å². The van der Waals surface area contributed by atoms with E-state index in [0.717, 1.165) is 11.1 Å². The number of rotatable bonds is 9. The van der Waals surface area contributed by atoms with Gasteiger partial charge in [0.1, 0.15) is 26.8 Å². The minimum absolute atomic E-state index is 0.139. The van der Waals surface area contributed by atoms with Crippen molar-refractivity contribution >= 4 is 44.9 Å². The molecule has 13 heteroatoms. The fourth-order valence-corrected chi connectivity index (χ4v) is 7.19. The van der Waals surface area contributed by atoms with Crippen molar-refractivity contribution in [2.45, 2.75) is 31.3 Å². The van der Waals surface area contributed by atoms with E-state index in [9.17, 15) is 13.2 Å². The number of carbonyl (C=O) groups excluding carboxylic acids is 1. The minimum Gasteiger partial charge on any atom is -0.481 e. The van der Waals surface area contributed by atoms with Gasteiger partial charge in [-0.05, 0) is 68.3 Å². The molecular weight excluding hydrogens is 649 g/mol.